The van der Waals surface area contributed by atoms with Crippen molar-refractivity contribution in [2.45, 2.75) is 60.0 Å². The summed E-state index contributed by atoms with van der Waals surface area (Å²) in [6.07, 6.45) is 3.41. The second-order valence-corrected chi connectivity index (χ2v) is 8.17. The molecular formula is C24H38IN5O. The molecule has 0 amide bonds. The zero-order chi connectivity index (χ0) is 21.3. The van der Waals surface area contributed by atoms with E-state index in [0.717, 1.165) is 62.4 Å². The minimum atomic E-state index is 0. The number of aromatic nitrogens is 1. The summed E-state index contributed by atoms with van der Waals surface area (Å²) in [7, 11) is 0. The van der Waals surface area contributed by atoms with Crippen molar-refractivity contribution in [2.24, 2.45) is 10.9 Å². The standard InChI is InChI=1S/C24H37N5O.HI/c1-5-21-9-7-8-10-22(21)16-27-24(25-6-2)26-15-20-11-13-29(14-12-20)17-23-28-18(3)19(4)30-23;/h7-10,20H,5-6,11-17H2,1-4H3,(H2,25,26,27);1H. The molecule has 0 saturated carbocycles. The summed E-state index contributed by atoms with van der Waals surface area (Å²) in [5, 5.41) is 6.95. The van der Waals surface area contributed by atoms with Crippen LogP contribution in [0.3, 0.4) is 0 Å². The normalized spacial score (nSPS) is 15.5. The molecule has 172 valence electrons. The first-order chi connectivity index (χ1) is 14.6. The van der Waals surface area contributed by atoms with Crippen LogP contribution < -0.4 is 10.6 Å². The molecule has 0 radical (unpaired) electrons. The summed E-state index contributed by atoms with van der Waals surface area (Å²) in [6, 6.07) is 8.57. The van der Waals surface area contributed by atoms with E-state index in [1.54, 1.807) is 0 Å². The van der Waals surface area contributed by atoms with E-state index >= 15 is 0 Å². The highest BCUT2D eigenvalue weighted by Gasteiger charge is 2.21. The van der Waals surface area contributed by atoms with Crippen molar-refractivity contribution in [3.63, 3.8) is 0 Å². The van der Waals surface area contributed by atoms with Crippen LogP contribution in [-0.4, -0.2) is 42.0 Å². The fourth-order valence-corrected chi connectivity index (χ4v) is 3.95. The highest BCUT2D eigenvalue weighted by Crippen LogP contribution is 2.19. The van der Waals surface area contributed by atoms with Crippen molar-refractivity contribution < 1.29 is 4.42 Å². The van der Waals surface area contributed by atoms with Crippen LogP contribution in [-0.2, 0) is 19.5 Å². The topological polar surface area (TPSA) is 65.7 Å². The van der Waals surface area contributed by atoms with Gasteiger partial charge in [-0.15, -0.1) is 24.0 Å². The van der Waals surface area contributed by atoms with Gasteiger partial charge in [-0.25, -0.2) is 9.98 Å². The lowest BCUT2D eigenvalue weighted by Crippen LogP contribution is -2.42. The van der Waals surface area contributed by atoms with E-state index in [-0.39, 0.29) is 24.0 Å². The van der Waals surface area contributed by atoms with Crippen LogP contribution in [0.5, 0.6) is 0 Å². The first kappa shape index (κ1) is 25.6. The first-order valence-corrected chi connectivity index (χ1v) is 11.3. The molecule has 1 fully saturated rings. The number of benzene rings is 1. The van der Waals surface area contributed by atoms with Crippen molar-refractivity contribution in [2.75, 3.05) is 26.2 Å². The minimum absolute atomic E-state index is 0. The number of aliphatic imine (C=N–C) groups is 1. The second kappa shape index (κ2) is 13.1. The Hall–Kier alpha value is -1.61. The van der Waals surface area contributed by atoms with E-state index in [1.165, 1.54) is 24.0 Å². The number of hydrogen-bond donors (Lipinski definition) is 2. The van der Waals surface area contributed by atoms with E-state index in [1.807, 2.05) is 13.8 Å². The number of halogens is 1. The van der Waals surface area contributed by atoms with Crippen molar-refractivity contribution in [3.8, 4) is 0 Å². The van der Waals surface area contributed by atoms with E-state index in [4.69, 9.17) is 9.41 Å². The second-order valence-electron chi connectivity index (χ2n) is 8.17. The van der Waals surface area contributed by atoms with E-state index < -0.39 is 0 Å². The van der Waals surface area contributed by atoms with Gasteiger partial charge >= 0.3 is 0 Å². The Kier molecular flexibility index (Phi) is 10.8. The zero-order valence-electron chi connectivity index (χ0n) is 19.4. The maximum Gasteiger partial charge on any atom is 0.208 e. The van der Waals surface area contributed by atoms with Gasteiger partial charge in [-0.3, -0.25) is 4.90 Å². The summed E-state index contributed by atoms with van der Waals surface area (Å²) in [4.78, 5) is 11.8. The molecule has 7 heteroatoms. The molecule has 1 aromatic carbocycles. The van der Waals surface area contributed by atoms with Crippen molar-refractivity contribution in [3.05, 3.63) is 52.7 Å². The van der Waals surface area contributed by atoms with Gasteiger partial charge in [-0.1, -0.05) is 31.2 Å². The van der Waals surface area contributed by atoms with Crippen LogP contribution in [0.15, 0.2) is 33.7 Å². The molecule has 31 heavy (non-hydrogen) atoms. The molecule has 0 bridgehead atoms. The molecule has 0 atom stereocenters. The lowest BCUT2D eigenvalue weighted by atomic mass is 9.97. The molecular weight excluding hydrogens is 501 g/mol. The highest BCUT2D eigenvalue weighted by molar-refractivity contribution is 14.0. The van der Waals surface area contributed by atoms with Gasteiger partial charge in [0.15, 0.2) is 5.96 Å². The third-order valence-corrected chi connectivity index (χ3v) is 5.95. The van der Waals surface area contributed by atoms with Gasteiger partial charge in [0.1, 0.15) is 5.76 Å². The minimum Gasteiger partial charge on any atom is -0.444 e. The van der Waals surface area contributed by atoms with Gasteiger partial charge in [0.05, 0.1) is 18.8 Å². The Morgan fingerprint density at radius 2 is 1.84 bits per heavy atom. The summed E-state index contributed by atoms with van der Waals surface area (Å²) in [6.45, 7) is 13.8. The number of likely N-dealkylation sites (tertiary alicyclic amines) is 1. The van der Waals surface area contributed by atoms with E-state index in [9.17, 15) is 0 Å². The Bertz CT molecular complexity index is 808. The van der Waals surface area contributed by atoms with Crippen molar-refractivity contribution in [1.82, 2.24) is 20.5 Å². The molecule has 0 aliphatic carbocycles. The summed E-state index contributed by atoms with van der Waals surface area (Å²) >= 11 is 0. The van der Waals surface area contributed by atoms with Gasteiger partial charge in [0.25, 0.3) is 0 Å². The molecule has 0 spiro atoms. The molecule has 1 aliphatic rings. The maximum absolute atomic E-state index is 5.74. The van der Waals surface area contributed by atoms with Crippen LogP contribution in [0.2, 0.25) is 0 Å². The number of nitrogens with zero attached hydrogens (tertiary/aromatic N) is 3. The molecule has 2 aromatic rings. The van der Waals surface area contributed by atoms with Crippen LogP contribution >= 0.6 is 24.0 Å². The third-order valence-electron chi connectivity index (χ3n) is 5.95. The van der Waals surface area contributed by atoms with Gasteiger partial charge in [0.2, 0.25) is 5.89 Å². The third kappa shape index (κ3) is 7.79. The molecule has 1 aromatic heterocycles. The van der Waals surface area contributed by atoms with Crippen LogP contribution in [0.1, 0.15) is 55.2 Å². The van der Waals surface area contributed by atoms with Crippen molar-refractivity contribution >= 4 is 29.9 Å². The summed E-state index contributed by atoms with van der Waals surface area (Å²) < 4.78 is 5.74. The number of aryl methyl sites for hydroxylation is 3. The lowest BCUT2D eigenvalue weighted by molar-refractivity contribution is 0.164. The molecule has 3 rings (SSSR count). The van der Waals surface area contributed by atoms with Crippen LogP contribution in [0, 0.1) is 19.8 Å². The predicted molar refractivity (Wildman–Crippen MR) is 138 cm³/mol. The molecule has 1 aliphatic heterocycles. The summed E-state index contributed by atoms with van der Waals surface area (Å²) in [5.74, 6) is 3.36. The fourth-order valence-electron chi connectivity index (χ4n) is 3.95. The molecule has 0 unspecified atom stereocenters. The number of oxazole rings is 1. The molecule has 2 N–H and O–H groups in total. The molecule has 6 nitrogen and oxygen atoms in total. The average Bonchev–Trinajstić information content (AvgIpc) is 3.08. The number of nitrogens with one attached hydrogen (secondary N) is 2. The molecule has 2 heterocycles. The largest absolute Gasteiger partial charge is 0.444 e. The zero-order valence-corrected chi connectivity index (χ0v) is 21.7. The quantitative estimate of drug-likeness (QED) is 0.295. The number of guanidine groups is 1. The first-order valence-electron chi connectivity index (χ1n) is 11.3. The monoisotopic (exact) mass is 539 g/mol. The van der Waals surface area contributed by atoms with E-state index in [2.05, 4.69) is 58.6 Å². The Morgan fingerprint density at radius 1 is 1.13 bits per heavy atom. The average molecular weight is 540 g/mol. The number of piperidine rings is 1. The summed E-state index contributed by atoms with van der Waals surface area (Å²) in [5.41, 5.74) is 3.68. The van der Waals surface area contributed by atoms with Crippen LogP contribution in [0.4, 0.5) is 0 Å². The number of hydrogen-bond acceptors (Lipinski definition) is 4. The van der Waals surface area contributed by atoms with E-state index in [0.29, 0.717) is 12.5 Å². The number of rotatable bonds is 8. The smallest absolute Gasteiger partial charge is 0.208 e. The van der Waals surface area contributed by atoms with Gasteiger partial charge < -0.3 is 15.1 Å². The molecule has 1 saturated heterocycles. The Morgan fingerprint density at radius 3 is 2.45 bits per heavy atom. The highest BCUT2D eigenvalue weighted by atomic mass is 127. The van der Waals surface area contributed by atoms with Crippen LogP contribution in [0.25, 0.3) is 0 Å². The Labute approximate surface area is 204 Å². The Balaban J connectivity index is 0.00000341. The van der Waals surface area contributed by atoms with Crippen molar-refractivity contribution in [1.29, 1.82) is 0 Å². The lowest BCUT2D eigenvalue weighted by Gasteiger charge is -2.31. The SMILES string of the molecule is CCNC(=NCc1ccccc1CC)NCC1CCN(Cc2nc(C)c(C)o2)CC1.I. The fraction of sp³-hybridized carbons (Fsp3) is 0.583. The van der Waals surface area contributed by atoms with Gasteiger partial charge in [-0.05, 0) is 70.2 Å². The predicted octanol–water partition coefficient (Wildman–Crippen LogP) is 4.44. The maximum atomic E-state index is 5.74. The van der Waals surface area contributed by atoms with Gasteiger partial charge in [-0.2, -0.15) is 0 Å². The van der Waals surface area contributed by atoms with Gasteiger partial charge in [0, 0.05) is 13.1 Å².